The van der Waals surface area contributed by atoms with Crippen molar-refractivity contribution < 1.29 is 9.59 Å². The molecule has 0 spiro atoms. The molecule has 0 bridgehead atoms. The van der Waals surface area contributed by atoms with Gasteiger partial charge < -0.3 is 19.4 Å². The molecule has 2 aromatic rings. The number of aromatic amines is 1. The number of carbonyl (C=O) groups excluding carboxylic acids is 2. The van der Waals surface area contributed by atoms with Crippen LogP contribution in [0.1, 0.15) is 52.6 Å². The highest BCUT2D eigenvalue weighted by Crippen LogP contribution is 2.38. The zero-order valence-corrected chi connectivity index (χ0v) is 16.2. The minimum Gasteiger partial charge on any atom is -0.367 e. The Balaban J connectivity index is 1.41. The minimum absolute atomic E-state index is 0.106. The first-order valence-corrected chi connectivity index (χ1v) is 9.91. The number of aromatic nitrogens is 2. The van der Waals surface area contributed by atoms with Crippen molar-refractivity contribution in [2.45, 2.75) is 45.6 Å². The lowest BCUT2D eigenvalue weighted by atomic mass is 10.2. The SMILES string of the molecule is Cc1cc(C(=O)N2CCCN(C(=O)Cc3cc[nH]c3)CC2)c(C)n1C1CC1. The van der Waals surface area contributed by atoms with Crippen molar-refractivity contribution in [1.29, 1.82) is 0 Å². The zero-order valence-electron chi connectivity index (χ0n) is 16.2. The molecule has 2 amide bonds. The van der Waals surface area contributed by atoms with Gasteiger partial charge in [0.05, 0.1) is 12.0 Å². The lowest BCUT2D eigenvalue weighted by molar-refractivity contribution is -0.130. The van der Waals surface area contributed by atoms with E-state index in [9.17, 15) is 9.59 Å². The molecule has 1 aliphatic heterocycles. The highest BCUT2D eigenvalue weighted by Gasteiger charge is 2.30. The molecule has 6 nitrogen and oxygen atoms in total. The van der Waals surface area contributed by atoms with E-state index in [1.54, 1.807) is 0 Å². The third-order valence-corrected chi connectivity index (χ3v) is 5.78. The van der Waals surface area contributed by atoms with Gasteiger partial charge in [0.1, 0.15) is 0 Å². The second-order valence-electron chi connectivity index (χ2n) is 7.81. The standard InChI is InChI=1S/C21H28N4O2/c1-15-12-19(16(2)25(15)18-4-5-18)21(27)24-9-3-8-23(10-11-24)20(26)13-17-6-7-22-14-17/h6-7,12,14,18,22H,3-5,8-11,13H2,1-2H3. The van der Waals surface area contributed by atoms with Gasteiger partial charge in [-0.05, 0) is 50.8 Å². The largest absolute Gasteiger partial charge is 0.367 e. The number of nitrogens with zero attached hydrogens (tertiary/aromatic N) is 3. The summed E-state index contributed by atoms with van der Waals surface area (Å²) in [4.78, 5) is 32.5. The third kappa shape index (κ3) is 3.66. The van der Waals surface area contributed by atoms with Crippen molar-refractivity contribution in [1.82, 2.24) is 19.4 Å². The van der Waals surface area contributed by atoms with E-state index in [4.69, 9.17) is 0 Å². The maximum Gasteiger partial charge on any atom is 0.255 e. The molecule has 0 aromatic carbocycles. The van der Waals surface area contributed by atoms with Crippen molar-refractivity contribution in [3.05, 3.63) is 47.0 Å². The number of amides is 2. The molecule has 0 radical (unpaired) electrons. The van der Waals surface area contributed by atoms with Crippen LogP contribution in [0, 0.1) is 13.8 Å². The van der Waals surface area contributed by atoms with Crippen LogP contribution in [0.2, 0.25) is 0 Å². The molecule has 144 valence electrons. The summed E-state index contributed by atoms with van der Waals surface area (Å²) in [6, 6.07) is 4.55. The smallest absolute Gasteiger partial charge is 0.255 e. The number of nitrogens with one attached hydrogen (secondary N) is 1. The first kappa shape index (κ1) is 17.9. The van der Waals surface area contributed by atoms with Crippen LogP contribution in [0.25, 0.3) is 0 Å². The molecular formula is C21H28N4O2. The van der Waals surface area contributed by atoms with Gasteiger partial charge in [-0.15, -0.1) is 0 Å². The van der Waals surface area contributed by atoms with E-state index in [0.717, 1.165) is 23.2 Å². The van der Waals surface area contributed by atoms with Gasteiger partial charge in [-0.3, -0.25) is 9.59 Å². The van der Waals surface area contributed by atoms with E-state index >= 15 is 0 Å². The molecule has 2 fully saturated rings. The number of rotatable bonds is 4. The predicted octanol–water partition coefficient (Wildman–Crippen LogP) is 2.69. The van der Waals surface area contributed by atoms with E-state index in [1.165, 1.54) is 18.5 Å². The zero-order chi connectivity index (χ0) is 19.0. The summed E-state index contributed by atoms with van der Waals surface area (Å²) in [6.07, 6.45) is 7.37. The summed E-state index contributed by atoms with van der Waals surface area (Å²) in [5.74, 6) is 0.241. The van der Waals surface area contributed by atoms with Crippen LogP contribution in [-0.2, 0) is 11.2 Å². The molecule has 1 aliphatic carbocycles. The fourth-order valence-corrected chi connectivity index (χ4v) is 4.18. The van der Waals surface area contributed by atoms with Gasteiger partial charge in [-0.25, -0.2) is 0 Å². The quantitative estimate of drug-likeness (QED) is 0.902. The maximum atomic E-state index is 13.1. The molecule has 27 heavy (non-hydrogen) atoms. The molecule has 2 aliphatic rings. The fraction of sp³-hybridized carbons (Fsp3) is 0.524. The van der Waals surface area contributed by atoms with Crippen LogP contribution >= 0.6 is 0 Å². The Labute approximate surface area is 160 Å². The Bertz CT molecular complexity index is 833. The highest BCUT2D eigenvalue weighted by molar-refractivity contribution is 5.96. The Hall–Kier alpha value is -2.50. The molecule has 3 heterocycles. The van der Waals surface area contributed by atoms with Gasteiger partial charge in [0.25, 0.3) is 5.91 Å². The maximum absolute atomic E-state index is 13.1. The lowest BCUT2D eigenvalue weighted by Crippen LogP contribution is -2.38. The van der Waals surface area contributed by atoms with Crippen molar-refractivity contribution in [3.8, 4) is 0 Å². The van der Waals surface area contributed by atoms with Crippen molar-refractivity contribution >= 4 is 11.8 Å². The summed E-state index contributed by atoms with van der Waals surface area (Å²) in [5, 5.41) is 0. The van der Waals surface area contributed by atoms with E-state index in [0.29, 0.717) is 38.6 Å². The van der Waals surface area contributed by atoms with Gasteiger partial charge >= 0.3 is 0 Å². The van der Waals surface area contributed by atoms with Gasteiger partial charge in [-0.2, -0.15) is 0 Å². The molecule has 1 saturated heterocycles. The van der Waals surface area contributed by atoms with Crippen molar-refractivity contribution in [2.75, 3.05) is 26.2 Å². The van der Waals surface area contributed by atoms with Crippen LogP contribution in [0.4, 0.5) is 0 Å². The average Bonchev–Trinajstić information content (AvgIpc) is 3.33. The number of H-pyrrole nitrogens is 1. The predicted molar refractivity (Wildman–Crippen MR) is 104 cm³/mol. The van der Waals surface area contributed by atoms with Gasteiger partial charge in [0.15, 0.2) is 0 Å². The Kier molecular flexibility index (Phi) is 4.81. The normalized spacial score (nSPS) is 17.9. The van der Waals surface area contributed by atoms with Gasteiger partial charge in [-0.1, -0.05) is 0 Å². The van der Waals surface area contributed by atoms with E-state index in [2.05, 4.69) is 23.4 Å². The molecule has 2 aromatic heterocycles. The van der Waals surface area contributed by atoms with E-state index < -0.39 is 0 Å². The second kappa shape index (κ2) is 7.25. The Morgan fingerprint density at radius 2 is 1.85 bits per heavy atom. The van der Waals surface area contributed by atoms with Crippen LogP contribution in [0.15, 0.2) is 24.5 Å². The second-order valence-corrected chi connectivity index (χ2v) is 7.81. The summed E-state index contributed by atoms with van der Waals surface area (Å²) < 4.78 is 2.32. The van der Waals surface area contributed by atoms with Gasteiger partial charge in [0, 0.05) is 56.0 Å². The van der Waals surface area contributed by atoms with Crippen molar-refractivity contribution in [3.63, 3.8) is 0 Å². The molecule has 6 heteroatoms. The van der Waals surface area contributed by atoms with E-state index in [1.807, 2.05) is 34.3 Å². The number of hydrogen-bond donors (Lipinski definition) is 1. The summed E-state index contributed by atoms with van der Waals surface area (Å²) >= 11 is 0. The highest BCUT2D eigenvalue weighted by atomic mass is 16.2. The number of carbonyl (C=O) groups is 2. The molecular weight excluding hydrogens is 340 g/mol. The topological polar surface area (TPSA) is 61.3 Å². The fourth-order valence-electron chi connectivity index (χ4n) is 4.18. The molecule has 1 N–H and O–H groups in total. The molecule has 0 atom stereocenters. The monoisotopic (exact) mass is 368 g/mol. The molecule has 1 saturated carbocycles. The van der Waals surface area contributed by atoms with Gasteiger partial charge in [0.2, 0.25) is 5.91 Å². The number of aryl methyl sites for hydroxylation is 1. The Morgan fingerprint density at radius 3 is 2.56 bits per heavy atom. The van der Waals surface area contributed by atoms with Crippen LogP contribution < -0.4 is 0 Å². The molecule has 4 rings (SSSR count). The minimum atomic E-state index is 0.106. The lowest BCUT2D eigenvalue weighted by Gasteiger charge is -2.22. The molecule has 0 unspecified atom stereocenters. The number of hydrogen-bond acceptors (Lipinski definition) is 2. The van der Waals surface area contributed by atoms with Crippen LogP contribution in [0.3, 0.4) is 0 Å². The Morgan fingerprint density at radius 1 is 1.11 bits per heavy atom. The summed E-state index contributed by atoms with van der Waals surface area (Å²) in [7, 11) is 0. The first-order chi connectivity index (χ1) is 13.0. The first-order valence-electron chi connectivity index (χ1n) is 9.91. The average molecular weight is 368 g/mol. The van der Waals surface area contributed by atoms with Crippen LogP contribution in [0.5, 0.6) is 0 Å². The summed E-state index contributed by atoms with van der Waals surface area (Å²) in [5.41, 5.74) is 4.09. The van der Waals surface area contributed by atoms with Crippen molar-refractivity contribution in [2.24, 2.45) is 0 Å². The third-order valence-electron chi connectivity index (χ3n) is 5.78. The summed E-state index contributed by atoms with van der Waals surface area (Å²) in [6.45, 7) is 6.78. The van der Waals surface area contributed by atoms with Crippen LogP contribution in [-0.4, -0.2) is 57.3 Å². The van der Waals surface area contributed by atoms with E-state index in [-0.39, 0.29) is 11.8 Å².